The molecule has 1 aliphatic carbocycles. The molecular formula is C15H17NS. The fourth-order valence-electron chi connectivity index (χ4n) is 2.51. The molecule has 17 heavy (non-hydrogen) atoms. The molecule has 1 nitrogen and oxygen atoms in total. The summed E-state index contributed by atoms with van der Waals surface area (Å²) in [6.45, 7) is 0. The molecular weight excluding hydrogens is 226 g/mol. The first-order chi connectivity index (χ1) is 8.36. The molecule has 1 aliphatic rings. The Morgan fingerprint density at radius 3 is 2.59 bits per heavy atom. The number of hydrogen-bond donors (Lipinski definition) is 1. The van der Waals surface area contributed by atoms with E-state index in [0.717, 1.165) is 5.92 Å². The largest absolute Gasteiger partial charge is 0.320 e. The van der Waals surface area contributed by atoms with Crippen molar-refractivity contribution in [2.45, 2.75) is 31.2 Å². The summed E-state index contributed by atoms with van der Waals surface area (Å²) in [5.74, 6) is 0.747. The van der Waals surface area contributed by atoms with Crippen molar-refractivity contribution in [3.05, 3.63) is 57.8 Å². The quantitative estimate of drug-likeness (QED) is 0.864. The van der Waals surface area contributed by atoms with Gasteiger partial charge in [-0.15, -0.1) is 11.3 Å². The van der Waals surface area contributed by atoms with Gasteiger partial charge in [0.15, 0.2) is 0 Å². The topological polar surface area (TPSA) is 26.0 Å². The van der Waals surface area contributed by atoms with Crippen LogP contribution < -0.4 is 5.73 Å². The molecule has 0 bridgehead atoms. The standard InChI is InChI=1S/C15H17NS/c16-15(14-9-4-10-17-14)13-8-2-1-7-12(13)11-5-3-6-11/h1-2,4,7-11,15H,3,5-6,16H2. The molecule has 2 heteroatoms. The zero-order valence-electron chi connectivity index (χ0n) is 9.80. The third-order valence-electron chi connectivity index (χ3n) is 3.73. The van der Waals surface area contributed by atoms with Crippen LogP contribution in [0.15, 0.2) is 41.8 Å². The number of hydrogen-bond acceptors (Lipinski definition) is 2. The van der Waals surface area contributed by atoms with E-state index in [1.165, 1.54) is 35.3 Å². The van der Waals surface area contributed by atoms with E-state index in [9.17, 15) is 0 Å². The molecule has 0 aliphatic heterocycles. The minimum Gasteiger partial charge on any atom is -0.320 e. The average molecular weight is 243 g/mol. The summed E-state index contributed by atoms with van der Waals surface area (Å²) >= 11 is 1.75. The number of thiophene rings is 1. The van der Waals surface area contributed by atoms with Crippen LogP contribution in [0.3, 0.4) is 0 Å². The van der Waals surface area contributed by atoms with E-state index in [4.69, 9.17) is 5.73 Å². The molecule has 1 unspecified atom stereocenters. The third kappa shape index (κ3) is 2.03. The van der Waals surface area contributed by atoms with Gasteiger partial charge in [-0.2, -0.15) is 0 Å². The summed E-state index contributed by atoms with van der Waals surface area (Å²) in [6.07, 6.45) is 4.02. The zero-order valence-corrected chi connectivity index (χ0v) is 10.6. The maximum absolute atomic E-state index is 6.39. The second kappa shape index (κ2) is 4.63. The molecule has 1 fully saturated rings. The van der Waals surface area contributed by atoms with Crippen LogP contribution >= 0.6 is 11.3 Å². The van der Waals surface area contributed by atoms with Crippen molar-refractivity contribution in [1.82, 2.24) is 0 Å². The van der Waals surface area contributed by atoms with E-state index in [2.05, 4.69) is 41.8 Å². The molecule has 1 aromatic heterocycles. The van der Waals surface area contributed by atoms with Crippen molar-refractivity contribution >= 4 is 11.3 Å². The highest BCUT2D eigenvalue weighted by atomic mass is 32.1. The highest BCUT2D eigenvalue weighted by molar-refractivity contribution is 7.10. The molecule has 2 aromatic rings. The average Bonchev–Trinajstić information content (AvgIpc) is 2.80. The second-order valence-corrected chi connectivity index (χ2v) is 5.73. The van der Waals surface area contributed by atoms with Gasteiger partial charge in [0.1, 0.15) is 0 Å². The van der Waals surface area contributed by atoms with Crippen molar-refractivity contribution in [2.24, 2.45) is 5.73 Å². The molecule has 1 aromatic carbocycles. The van der Waals surface area contributed by atoms with Gasteiger partial charge < -0.3 is 5.73 Å². The Kier molecular flexibility index (Phi) is 3.00. The highest BCUT2D eigenvalue weighted by Gasteiger charge is 2.24. The lowest BCUT2D eigenvalue weighted by Gasteiger charge is -2.29. The Morgan fingerprint density at radius 1 is 1.12 bits per heavy atom. The van der Waals surface area contributed by atoms with Gasteiger partial charge in [-0.25, -0.2) is 0 Å². The van der Waals surface area contributed by atoms with Crippen LogP contribution in [0.2, 0.25) is 0 Å². The minimum absolute atomic E-state index is 0.0480. The van der Waals surface area contributed by atoms with Crippen LogP contribution in [0.25, 0.3) is 0 Å². The van der Waals surface area contributed by atoms with Crippen molar-refractivity contribution in [2.75, 3.05) is 0 Å². The van der Waals surface area contributed by atoms with Gasteiger partial charge in [0, 0.05) is 4.88 Å². The number of benzene rings is 1. The van der Waals surface area contributed by atoms with E-state index in [0.29, 0.717) is 0 Å². The summed E-state index contributed by atoms with van der Waals surface area (Å²) in [6, 6.07) is 12.9. The molecule has 1 atom stereocenters. The van der Waals surface area contributed by atoms with Crippen LogP contribution in [-0.2, 0) is 0 Å². The lowest BCUT2D eigenvalue weighted by Crippen LogP contribution is -2.17. The smallest absolute Gasteiger partial charge is 0.0648 e. The van der Waals surface area contributed by atoms with E-state index in [-0.39, 0.29) is 6.04 Å². The Labute approximate surface area is 106 Å². The molecule has 3 rings (SSSR count). The van der Waals surface area contributed by atoms with Gasteiger partial charge in [-0.05, 0) is 41.3 Å². The van der Waals surface area contributed by atoms with Crippen LogP contribution in [0.5, 0.6) is 0 Å². The predicted molar refractivity (Wildman–Crippen MR) is 73.4 cm³/mol. The van der Waals surface area contributed by atoms with Crippen LogP contribution in [-0.4, -0.2) is 0 Å². The lowest BCUT2D eigenvalue weighted by molar-refractivity contribution is 0.416. The van der Waals surface area contributed by atoms with E-state index < -0.39 is 0 Å². The number of rotatable bonds is 3. The third-order valence-corrected chi connectivity index (χ3v) is 4.68. The first-order valence-corrected chi connectivity index (χ1v) is 7.12. The molecule has 1 saturated carbocycles. The van der Waals surface area contributed by atoms with Crippen molar-refractivity contribution in [3.8, 4) is 0 Å². The van der Waals surface area contributed by atoms with Crippen LogP contribution in [0.1, 0.15) is 47.2 Å². The molecule has 0 saturated heterocycles. The normalized spacial score (nSPS) is 17.7. The zero-order chi connectivity index (χ0) is 11.7. The lowest BCUT2D eigenvalue weighted by atomic mass is 9.77. The van der Waals surface area contributed by atoms with Crippen LogP contribution in [0, 0.1) is 0 Å². The summed E-state index contributed by atoms with van der Waals surface area (Å²) in [4.78, 5) is 1.26. The monoisotopic (exact) mass is 243 g/mol. The molecule has 2 N–H and O–H groups in total. The molecule has 0 spiro atoms. The van der Waals surface area contributed by atoms with Gasteiger partial charge in [-0.3, -0.25) is 0 Å². The Bertz CT molecular complexity index is 485. The van der Waals surface area contributed by atoms with Gasteiger partial charge in [0.2, 0.25) is 0 Å². The fraction of sp³-hybridized carbons (Fsp3) is 0.333. The Balaban J connectivity index is 1.96. The Morgan fingerprint density at radius 2 is 1.94 bits per heavy atom. The fourth-order valence-corrected chi connectivity index (χ4v) is 3.25. The van der Waals surface area contributed by atoms with Gasteiger partial charge in [0.05, 0.1) is 6.04 Å². The first kappa shape index (κ1) is 11.0. The SMILES string of the molecule is NC(c1cccs1)c1ccccc1C1CCC1. The Hall–Kier alpha value is -1.12. The van der Waals surface area contributed by atoms with Gasteiger partial charge in [0.25, 0.3) is 0 Å². The molecule has 0 radical (unpaired) electrons. The summed E-state index contributed by atoms with van der Waals surface area (Å²) < 4.78 is 0. The van der Waals surface area contributed by atoms with E-state index in [1.54, 1.807) is 11.3 Å². The van der Waals surface area contributed by atoms with Crippen molar-refractivity contribution in [3.63, 3.8) is 0 Å². The molecule has 88 valence electrons. The summed E-state index contributed by atoms with van der Waals surface area (Å²) in [5, 5.41) is 2.10. The maximum Gasteiger partial charge on any atom is 0.0648 e. The molecule has 0 amide bonds. The van der Waals surface area contributed by atoms with E-state index >= 15 is 0 Å². The van der Waals surface area contributed by atoms with Gasteiger partial charge in [-0.1, -0.05) is 36.8 Å². The molecule has 1 heterocycles. The predicted octanol–water partition coefficient (Wildman–Crippen LogP) is 4.06. The van der Waals surface area contributed by atoms with Crippen LogP contribution in [0.4, 0.5) is 0 Å². The minimum atomic E-state index is 0.0480. The van der Waals surface area contributed by atoms with Gasteiger partial charge >= 0.3 is 0 Å². The number of nitrogens with two attached hydrogens (primary N) is 1. The highest BCUT2D eigenvalue weighted by Crippen LogP contribution is 2.40. The second-order valence-electron chi connectivity index (χ2n) is 4.75. The summed E-state index contributed by atoms with van der Waals surface area (Å²) in [5.41, 5.74) is 9.18. The van der Waals surface area contributed by atoms with Crippen molar-refractivity contribution < 1.29 is 0 Å². The first-order valence-electron chi connectivity index (χ1n) is 6.24. The van der Waals surface area contributed by atoms with Crippen molar-refractivity contribution in [1.29, 1.82) is 0 Å². The van der Waals surface area contributed by atoms with E-state index in [1.807, 2.05) is 0 Å². The maximum atomic E-state index is 6.39. The summed E-state index contributed by atoms with van der Waals surface area (Å²) in [7, 11) is 0.